The Kier molecular flexibility index (Phi) is 4.92. The number of hydrogen-bond donors (Lipinski definition) is 1. The van der Waals surface area contributed by atoms with Crippen LogP contribution in [0.1, 0.15) is 18.4 Å². The van der Waals surface area contributed by atoms with Crippen molar-refractivity contribution in [3.63, 3.8) is 0 Å². The van der Waals surface area contributed by atoms with E-state index < -0.39 is 10.0 Å². The number of nitrogens with two attached hydrogens (primary N) is 1. The van der Waals surface area contributed by atoms with Gasteiger partial charge in [-0.1, -0.05) is 12.1 Å². The van der Waals surface area contributed by atoms with Crippen LogP contribution in [0.15, 0.2) is 24.3 Å². The molecule has 1 heterocycles. The van der Waals surface area contributed by atoms with E-state index in [4.69, 9.17) is 5.73 Å². The van der Waals surface area contributed by atoms with Crippen molar-refractivity contribution in [2.45, 2.75) is 24.6 Å². The number of halogens is 2. The zero-order chi connectivity index (χ0) is 14.3. The van der Waals surface area contributed by atoms with Gasteiger partial charge in [-0.25, -0.2) is 17.1 Å². The average Bonchev–Trinajstić information content (AvgIpc) is 2.95. The van der Waals surface area contributed by atoms with Crippen molar-refractivity contribution >= 4 is 22.4 Å². The molecule has 4 nitrogen and oxygen atoms in total. The number of hydrogen-bond acceptors (Lipinski definition) is 3. The molecule has 21 heavy (non-hydrogen) atoms. The SMILES string of the molecule is Cl.NC1CCC2CN(S(=O)(=O)Cc3ccc(F)cc3)CC12. The van der Waals surface area contributed by atoms with Crippen LogP contribution in [-0.4, -0.2) is 31.9 Å². The second-order valence-electron chi connectivity index (χ2n) is 5.86. The highest BCUT2D eigenvalue weighted by Gasteiger charge is 2.44. The van der Waals surface area contributed by atoms with Gasteiger partial charge >= 0.3 is 0 Å². The fourth-order valence-corrected chi connectivity index (χ4v) is 4.99. The van der Waals surface area contributed by atoms with Crippen molar-refractivity contribution in [3.8, 4) is 0 Å². The van der Waals surface area contributed by atoms with Gasteiger partial charge in [0.2, 0.25) is 10.0 Å². The van der Waals surface area contributed by atoms with Gasteiger partial charge in [0.25, 0.3) is 0 Å². The number of nitrogens with zero attached hydrogens (tertiary/aromatic N) is 1. The Labute approximate surface area is 131 Å². The zero-order valence-electron chi connectivity index (χ0n) is 11.6. The Bertz CT molecular complexity index is 593. The van der Waals surface area contributed by atoms with Crippen LogP contribution in [0.5, 0.6) is 0 Å². The zero-order valence-corrected chi connectivity index (χ0v) is 13.2. The van der Waals surface area contributed by atoms with Crippen LogP contribution < -0.4 is 5.73 Å². The maximum Gasteiger partial charge on any atom is 0.218 e. The minimum Gasteiger partial charge on any atom is -0.327 e. The Balaban J connectivity index is 0.00000161. The van der Waals surface area contributed by atoms with Crippen LogP contribution in [0.3, 0.4) is 0 Å². The molecule has 1 aliphatic heterocycles. The summed E-state index contributed by atoms with van der Waals surface area (Å²) in [7, 11) is -3.34. The predicted octanol–water partition coefficient (Wildman–Crippen LogP) is 1.75. The molecule has 0 amide bonds. The Morgan fingerprint density at radius 1 is 1.19 bits per heavy atom. The summed E-state index contributed by atoms with van der Waals surface area (Å²) in [6.45, 7) is 1.12. The quantitative estimate of drug-likeness (QED) is 0.916. The van der Waals surface area contributed by atoms with Gasteiger partial charge in [0, 0.05) is 19.1 Å². The normalized spacial score (nSPS) is 29.1. The molecule has 1 aromatic carbocycles. The molecule has 1 saturated heterocycles. The van der Waals surface area contributed by atoms with E-state index in [0.29, 0.717) is 30.5 Å². The Morgan fingerprint density at radius 3 is 2.48 bits per heavy atom. The maximum absolute atomic E-state index is 12.8. The van der Waals surface area contributed by atoms with Gasteiger partial charge in [0.15, 0.2) is 0 Å². The third-order valence-electron chi connectivity index (χ3n) is 4.53. The van der Waals surface area contributed by atoms with Crippen molar-refractivity contribution in [1.82, 2.24) is 4.31 Å². The van der Waals surface area contributed by atoms with Crippen molar-refractivity contribution in [3.05, 3.63) is 35.6 Å². The van der Waals surface area contributed by atoms with E-state index in [0.717, 1.165) is 12.8 Å². The van der Waals surface area contributed by atoms with E-state index >= 15 is 0 Å². The smallest absolute Gasteiger partial charge is 0.218 e. The summed E-state index contributed by atoms with van der Waals surface area (Å²) < 4.78 is 39.2. The van der Waals surface area contributed by atoms with E-state index in [1.54, 1.807) is 4.31 Å². The molecule has 0 spiro atoms. The predicted molar refractivity (Wildman–Crippen MR) is 82.0 cm³/mol. The van der Waals surface area contributed by atoms with Gasteiger partial charge in [-0.2, -0.15) is 0 Å². The fourth-order valence-electron chi connectivity index (χ4n) is 3.38. The number of sulfonamides is 1. The molecule has 3 rings (SSSR count). The fraction of sp³-hybridized carbons (Fsp3) is 0.571. The van der Waals surface area contributed by atoms with Gasteiger partial charge in [-0.3, -0.25) is 0 Å². The lowest BCUT2D eigenvalue weighted by Crippen LogP contribution is -2.34. The van der Waals surface area contributed by atoms with E-state index in [2.05, 4.69) is 0 Å². The summed E-state index contributed by atoms with van der Waals surface area (Å²) in [5.41, 5.74) is 6.65. The lowest BCUT2D eigenvalue weighted by molar-refractivity contribution is 0.426. The standard InChI is InChI=1S/C14H19FN2O2S.ClH/c15-12-4-1-10(2-5-12)9-20(18,19)17-7-11-3-6-14(16)13(11)8-17;/h1-2,4-5,11,13-14H,3,6-9,16H2;1H. The molecule has 2 fully saturated rings. The van der Waals surface area contributed by atoms with E-state index in [1.807, 2.05) is 0 Å². The first-order chi connectivity index (χ1) is 9.45. The number of benzene rings is 1. The third kappa shape index (κ3) is 3.39. The minimum atomic E-state index is -3.34. The highest BCUT2D eigenvalue weighted by Crippen LogP contribution is 2.38. The molecule has 3 unspecified atom stereocenters. The molecule has 2 aliphatic rings. The second kappa shape index (κ2) is 6.20. The Hall–Kier alpha value is -0.690. The third-order valence-corrected chi connectivity index (χ3v) is 6.32. The highest BCUT2D eigenvalue weighted by atomic mass is 35.5. The summed E-state index contributed by atoms with van der Waals surface area (Å²) in [6, 6.07) is 5.76. The Morgan fingerprint density at radius 2 is 1.86 bits per heavy atom. The van der Waals surface area contributed by atoms with Crippen molar-refractivity contribution in [2.24, 2.45) is 17.6 Å². The van der Waals surface area contributed by atoms with E-state index in [1.165, 1.54) is 24.3 Å². The molecule has 118 valence electrons. The molecule has 2 N–H and O–H groups in total. The largest absolute Gasteiger partial charge is 0.327 e. The summed E-state index contributed by atoms with van der Waals surface area (Å²) in [4.78, 5) is 0. The molecule has 1 aromatic rings. The average molecular weight is 335 g/mol. The number of rotatable bonds is 3. The molecule has 3 atom stereocenters. The molecule has 7 heteroatoms. The molecular weight excluding hydrogens is 315 g/mol. The summed E-state index contributed by atoms with van der Waals surface area (Å²) in [6.07, 6.45) is 2.02. The van der Waals surface area contributed by atoms with Gasteiger partial charge in [0.1, 0.15) is 5.82 Å². The maximum atomic E-state index is 12.8. The van der Waals surface area contributed by atoms with Crippen LogP contribution in [0.2, 0.25) is 0 Å². The molecule has 1 saturated carbocycles. The van der Waals surface area contributed by atoms with Crippen molar-refractivity contribution < 1.29 is 12.8 Å². The van der Waals surface area contributed by atoms with Gasteiger partial charge in [0.05, 0.1) is 5.75 Å². The summed E-state index contributed by atoms with van der Waals surface area (Å²) in [5, 5.41) is 0. The van der Waals surface area contributed by atoms with Crippen LogP contribution in [0, 0.1) is 17.7 Å². The summed E-state index contributed by atoms with van der Waals surface area (Å²) >= 11 is 0. The van der Waals surface area contributed by atoms with Crippen LogP contribution in [0.25, 0.3) is 0 Å². The van der Waals surface area contributed by atoms with Gasteiger partial charge < -0.3 is 5.73 Å². The lowest BCUT2D eigenvalue weighted by Gasteiger charge is -2.18. The molecule has 0 aromatic heterocycles. The topological polar surface area (TPSA) is 63.4 Å². The lowest BCUT2D eigenvalue weighted by atomic mass is 9.98. The first kappa shape index (κ1) is 16.7. The second-order valence-corrected chi connectivity index (χ2v) is 7.83. The minimum absolute atomic E-state index is 0. The summed E-state index contributed by atoms with van der Waals surface area (Å²) in [5.74, 6) is 0.293. The first-order valence-corrected chi connectivity index (χ1v) is 8.54. The molecule has 0 radical (unpaired) electrons. The molecule has 1 aliphatic carbocycles. The van der Waals surface area contributed by atoms with E-state index in [-0.39, 0.29) is 30.0 Å². The van der Waals surface area contributed by atoms with Crippen LogP contribution in [-0.2, 0) is 15.8 Å². The molecular formula is C14H20ClFN2O2S. The van der Waals surface area contributed by atoms with Crippen molar-refractivity contribution in [1.29, 1.82) is 0 Å². The van der Waals surface area contributed by atoms with Gasteiger partial charge in [-0.15, -0.1) is 12.4 Å². The first-order valence-electron chi connectivity index (χ1n) is 6.93. The van der Waals surface area contributed by atoms with Crippen LogP contribution in [0.4, 0.5) is 4.39 Å². The highest BCUT2D eigenvalue weighted by molar-refractivity contribution is 7.88. The van der Waals surface area contributed by atoms with Gasteiger partial charge in [-0.05, 0) is 42.4 Å². The van der Waals surface area contributed by atoms with Crippen LogP contribution >= 0.6 is 12.4 Å². The number of fused-ring (bicyclic) bond motifs is 1. The van der Waals surface area contributed by atoms with E-state index in [9.17, 15) is 12.8 Å². The van der Waals surface area contributed by atoms with Crippen molar-refractivity contribution in [2.75, 3.05) is 13.1 Å². The molecule has 0 bridgehead atoms. The monoisotopic (exact) mass is 334 g/mol.